The Hall–Kier alpha value is -4.14. The lowest BCUT2D eigenvalue weighted by Crippen LogP contribution is -2.23. The van der Waals surface area contributed by atoms with Crippen LogP contribution in [0.25, 0.3) is 16.7 Å². The third-order valence-electron chi connectivity index (χ3n) is 6.29. The summed E-state index contributed by atoms with van der Waals surface area (Å²) < 4.78 is 6.79. The van der Waals surface area contributed by atoms with Crippen molar-refractivity contribution in [2.45, 2.75) is 26.3 Å². The number of carbonyl (C=O) groups is 1. The predicted molar refractivity (Wildman–Crippen MR) is 152 cm³/mol. The first-order valence-electron chi connectivity index (χ1n) is 12.3. The number of hydrogen-bond donors (Lipinski definition) is 2. The van der Waals surface area contributed by atoms with Crippen LogP contribution >= 0.6 is 23.2 Å². The fourth-order valence-corrected chi connectivity index (χ4v) is 5.03. The normalized spacial score (nSPS) is 11.1. The summed E-state index contributed by atoms with van der Waals surface area (Å²) in [6.07, 6.45) is 0.871. The predicted octanol–water partition coefficient (Wildman–Crippen LogP) is 5.51. The lowest BCUT2D eigenvalue weighted by molar-refractivity contribution is 0.0951. The van der Waals surface area contributed by atoms with Crippen molar-refractivity contribution >= 4 is 40.1 Å². The zero-order valence-electron chi connectivity index (χ0n) is 21.3. The van der Waals surface area contributed by atoms with Crippen molar-refractivity contribution in [3.63, 3.8) is 0 Å². The lowest BCUT2D eigenvalue weighted by Gasteiger charge is -2.12. The number of H-pyrrole nitrogens is 1. The number of halogens is 2. The van der Waals surface area contributed by atoms with Gasteiger partial charge in [0, 0.05) is 18.5 Å². The number of aryl methyl sites for hydroxylation is 1. The van der Waals surface area contributed by atoms with Crippen LogP contribution < -0.4 is 15.6 Å². The number of aromatic nitrogens is 4. The molecule has 10 heteroatoms. The average Bonchev–Trinajstić information content (AvgIpc) is 3.30. The first-order chi connectivity index (χ1) is 18.9. The number of ether oxygens (including phenoxy) is 1. The zero-order chi connectivity index (χ0) is 27.5. The number of benzene rings is 3. The minimum atomic E-state index is -0.316. The molecule has 3 aromatic carbocycles. The molecule has 2 heterocycles. The van der Waals surface area contributed by atoms with Gasteiger partial charge in [0.15, 0.2) is 5.65 Å². The van der Waals surface area contributed by atoms with Crippen molar-refractivity contribution in [3.05, 3.63) is 115 Å². The van der Waals surface area contributed by atoms with Crippen LogP contribution in [0.4, 0.5) is 0 Å². The number of nitrogens with zero attached hydrogens (tertiary/aromatic N) is 3. The van der Waals surface area contributed by atoms with Gasteiger partial charge in [0.1, 0.15) is 22.6 Å². The molecule has 5 aromatic rings. The largest absolute Gasteiger partial charge is 0.497 e. The summed E-state index contributed by atoms with van der Waals surface area (Å²) in [5, 5.41) is 8.28. The van der Waals surface area contributed by atoms with Crippen LogP contribution in [0.1, 0.15) is 39.9 Å². The second-order valence-electron chi connectivity index (χ2n) is 8.91. The van der Waals surface area contributed by atoms with Crippen LogP contribution in [0.15, 0.2) is 71.5 Å². The number of hydrogen-bond acceptors (Lipinski definition) is 5. The fraction of sp³-hybridized carbons (Fsp3) is 0.172. The monoisotopic (exact) mass is 561 g/mol. The molecule has 0 atom stereocenters. The third-order valence-corrected chi connectivity index (χ3v) is 6.86. The molecule has 39 heavy (non-hydrogen) atoms. The molecule has 0 aliphatic carbocycles. The molecule has 0 aliphatic heterocycles. The van der Waals surface area contributed by atoms with E-state index in [0.717, 1.165) is 11.1 Å². The Labute approximate surface area is 234 Å². The van der Waals surface area contributed by atoms with Gasteiger partial charge in [0.2, 0.25) is 0 Å². The summed E-state index contributed by atoms with van der Waals surface area (Å²) in [4.78, 5) is 33.6. The number of fused-ring (bicyclic) bond motifs is 1. The maximum atomic E-state index is 13.1. The Balaban J connectivity index is 1.52. The zero-order valence-corrected chi connectivity index (χ0v) is 22.8. The average molecular weight is 562 g/mol. The van der Waals surface area contributed by atoms with Crippen molar-refractivity contribution in [2.75, 3.05) is 7.11 Å². The van der Waals surface area contributed by atoms with Gasteiger partial charge < -0.3 is 15.0 Å². The summed E-state index contributed by atoms with van der Waals surface area (Å²) in [5.41, 5.74) is 3.12. The molecule has 0 saturated heterocycles. The fourth-order valence-electron chi connectivity index (χ4n) is 4.38. The molecule has 1 amide bonds. The van der Waals surface area contributed by atoms with Crippen LogP contribution in [0.3, 0.4) is 0 Å². The van der Waals surface area contributed by atoms with Crippen molar-refractivity contribution in [1.29, 1.82) is 0 Å². The maximum Gasteiger partial charge on any atom is 0.262 e. The quantitative estimate of drug-likeness (QED) is 0.260. The number of amides is 1. The molecule has 0 spiro atoms. The minimum Gasteiger partial charge on any atom is -0.497 e. The number of aromatic amines is 1. The topological polar surface area (TPSA) is 102 Å². The SMILES string of the molecule is CCc1nn(-c2c(Cl)cc(C(=O)NCc3ccccc3)cc2Cl)c2nc(Cc3cccc(OC)c3)[nH]c(=O)c12. The van der Waals surface area contributed by atoms with Gasteiger partial charge in [0.05, 0.1) is 22.8 Å². The molecule has 198 valence electrons. The van der Waals surface area contributed by atoms with Crippen LogP contribution in [0, 0.1) is 0 Å². The maximum absolute atomic E-state index is 13.1. The van der Waals surface area contributed by atoms with Crippen molar-refractivity contribution < 1.29 is 9.53 Å². The van der Waals surface area contributed by atoms with Gasteiger partial charge in [-0.1, -0.05) is 72.6 Å². The van der Waals surface area contributed by atoms with E-state index < -0.39 is 0 Å². The lowest BCUT2D eigenvalue weighted by atomic mass is 10.1. The first kappa shape index (κ1) is 26.5. The summed E-state index contributed by atoms with van der Waals surface area (Å²) in [6, 6.07) is 20.2. The molecule has 0 bridgehead atoms. The summed E-state index contributed by atoms with van der Waals surface area (Å²) >= 11 is 13.3. The van der Waals surface area contributed by atoms with E-state index in [2.05, 4.69) is 15.4 Å². The van der Waals surface area contributed by atoms with E-state index in [1.165, 1.54) is 16.8 Å². The first-order valence-corrected chi connectivity index (χ1v) is 13.1. The van der Waals surface area contributed by atoms with E-state index in [-0.39, 0.29) is 21.5 Å². The summed E-state index contributed by atoms with van der Waals surface area (Å²) in [6.45, 7) is 2.27. The van der Waals surface area contributed by atoms with Gasteiger partial charge in [0.25, 0.3) is 11.5 Å². The second kappa shape index (κ2) is 11.3. The molecular formula is C29H25Cl2N5O3. The standard InChI is InChI=1S/C29H25Cl2N5O3/c1-3-23-25-27(33-24(34-29(25)38)13-18-10-7-11-20(12-18)39-2)36(35-23)26-21(30)14-19(15-22(26)31)28(37)32-16-17-8-5-4-6-9-17/h4-12,14-15H,3,13,16H2,1-2H3,(H,32,37)(H,33,34,38). The Morgan fingerprint density at radius 3 is 2.44 bits per heavy atom. The van der Waals surface area contributed by atoms with Crippen LogP contribution in [0.5, 0.6) is 5.75 Å². The Kier molecular flexibility index (Phi) is 7.67. The Morgan fingerprint density at radius 2 is 1.74 bits per heavy atom. The highest BCUT2D eigenvalue weighted by molar-refractivity contribution is 6.38. The second-order valence-corrected chi connectivity index (χ2v) is 9.72. The molecule has 2 aromatic heterocycles. The van der Waals surface area contributed by atoms with Crippen LogP contribution in [-0.2, 0) is 19.4 Å². The van der Waals surface area contributed by atoms with E-state index in [1.54, 1.807) is 7.11 Å². The number of methoxy groups -OCH3 is 1. The number of nitrogens with one attached hydrogen (secondary N) is 2. The van der Waals surface area contributed by atoms with Gasteiger partial charge in [-0.05, 0) is 41.8 Å². The highest BCUT2D eigenvalue weighted by Crippen LogP contribution is 2.32. The van der Waals surface area contributed by atoms with Gasteiger partial charge >= 0.3 is 0 Å². The van der Waals surface area contributed by atoms with Crippen molar-refractivity contribution in [1.82, 2.24) is 25.1 Å². The Bertz CT molecular complexity index is 1710. The Morgan fingerprint density at radius 1 is 1.03 bits per heavy atom. The molecule has 5 rings (SSSR count). The molecule has 2 N–H and O–H groups in total. The van der Waals surface area contributed by atoms with Gasteiger partial charge in [-0.15, -0.1) is 0 Å². The molecule has 0 aliphatic rings. The van der Waals surface area contributed by atoms with Gasteiger partial charge in [-0.3, -0.25) is 9.59 Å². The van der Waals surface area contributed by atoms with Crippen LogP contribution in [0.2, 0.25) is 10.0 Å². The van der Waals surface area contributed by atoms with E-state index in [4.69, 9.17) is 32.9 Å². The minimum absolute atomic E-state index is 0.204. The van der Waals surface area contributed by atoms with E-state index in [9.17, 15) is 9.59 Å². The van der Waals surface area contributed by atoms with E-state index in [0.29, 0.717) is 58.9 Å². The highest BCUT2D eigenvalue weighted by Gasteiger charge is 2.22. The molecule has 0 saturated carbocycles. The summed E-state index contributed by atoms with van der Waals surface area (Å²) in [7, 11) is 1.60. The molecule has 0 fully saturated rings. The molecule has 8 nitrogen and oxygen atoms in total. The van der Waals surface area contributed by atoms with Crippen molar-refractivity contribution in [2.24, 2.45) is 0 Å². The molecular weight excluding hydrogens is 537 g/mol. The van der Waals surface area contributed by atoms with Crippen molar-refractivity contribution in [3.8, 4) is 11.4 Å². The number of carbonyl (C=O) groups excluding carboxylic acids is 1. The third kappa shape index (κ3) is 5.53. The molecule has 0 radical (unpaired) electrons. The van der Waals surface area contributed by atoms with E-state index >= 15 is 0 Å². The smallest absolute Gasteiger partial charge is 0.262 e. The molecule has 0 unspecified atom stereocenters. The van der Waals surface area contributed by atoms with Crippen LogP contribution in [-0.4, -0.2) is 32.8 Å². The highest BCUT2D eigenvalue weighted by atomic mass is 35.5. The summed E-state index contributed by atoms with van der Waals surface area (Å²) in [5.74, 6) is 0.846. The van der Waals surface area contributed by atoms with E-state index in [1.807, 2.05) is 61.5 Å². The van der Waals surface area contributed by atoms with Gasteiger partial charge in [-0.2, -0.15) is 5.10 Å². The van der Waals surface area contributed by atoms with Gasteiger partial charge in [-0.25, -0.2) is 9.67 Å². The number of rotatable bonds is 8.